The van der Waals surface area contributed by atoms with E-state index in [0.29, 0.717) is 42.5 Å². The van der Waals surface area contributed by atoms with Gasteiger partial charge in [0.15, 0.2) is 0 Å². The third-order valence-corrected chi connectivity index (χ3v) is 14.9. The zero-order chi connectivity index (χ0) is 31.2. The first-order valence-electron chi connectivity index (χ1n) is 16.2. The van der Waals surface area contributed by atoms with E-state index in [1.54, 1.807) is 0 Å². The highest BCUT2D eigenvalue weighted by Gasteiger charge is 2.61. The fourth-order valence-corrected chi connectivity index (χ4v) is 12.0. The number of sulfonamides is 1. The van der Waals surface area contributed by atoms with Crippen molar-refractivity contribution in [2.45, 2.75) is 114 Å². The van der Waals surface area contributed by atoms with Gasteiger partial charge in [-0.3, -0.25) is 9.69 Å². The molecular weight excluding hydrogens is 577 g/mol. The van der Waals surface area contributed by atoms with Crippen LogP contribution in [0.5, 0.6) is 0 Å². The van der Waals surface area contributed by atoms with E-state index < -0.39 is 27.4 Å². The average molecular weight is 625 g/mol. The number of carbonyl (C=O) groups is 1. The van der Waals surface area contributed by atoms with Crippen LogP contribution in [-0.2, 0) is 21.0 Å². The smallest absolute Gasteiger partial charge is 0.389 e. The maximum atomic E-state index is 13.4. The molecule has 0 unspecified atom stereocenters. The molecular formula is C33H47F3N2O4S. The van der Waals surface area contributed by atoms with Crippen molar-refractivity contribution in [1.29, 1.82) is 0 Å². The Hall–Kier alpha value is -1.49. The van der Waals surface area contributed by atoms with Crippen LogP contribution in [0.4, 0.5) is 13.2 Å². The summed E-state index contributed by atoms with van der Waals surface area (Å²) >= 11 is 0. The Balaban J connectivity index is 1.11. The predicted molar refractivity (Wildman–Crippen MR) is 158 cm³/mol. The lowest BCUT2D eigenvalue weighted by Gasteiger charge is -2.61. The molecule has 0 aromatic heterocycles. The lowest BCUT2D eigenvalue weighted by Crippen LogP contribution is -2.62. The highest BCUT2D eigenvalue weighted by atomic mass is 32.2. The Kier molecular flexibility index (Phi) is 7.71. The van der Waals surface area contributed by atoms with Crippen LogP contribution in [0.15, 0.2) is 29.2 Å². The third kappa shape index (κ3) is 5.20. The fraction of sp³-hybridized carbons (Fsp3) is 0.788. The number of aliphatic hydroxyl groups is 1. The largest absolute Gasteiger partial charge is 0.416 e. The predicted octanol–water partition coefficient (Wildman–Crippen LogP) is 6.13. The van der Waals surface area contributed by atoms with Crippen molar-refractivity contribution in [2.24, 2.45) is 34.5 Å². The molecule has 6 rings (SSSR count). The van der Waals surface area contributed by atoms with Gasteiger partial charge in [0.05, 0.1) is 16.1 Å². The Morgan fingerprint density at radius 3 is 2.30 bits per heavy atom. The van der Waals surface area contributed by atoms with Crippen LogP contribution in [0.3, 0.4) is 0 Å². The summed E-state index contributed by atoms with van der Waals surface area (Å²) in [5, 5.41) is 12.0. The molecule has 0 radical (unpaired) electrons. The summed E-state index contributed by atoms with van der Waals surface area (Å²) in [6.07, 6.45) is 4.02. The summed E-state index contributed by atoms with van der Waals surface area (Å²) in [6.45, 7) is 9.60. The summed E-state index contributed by atoms with van der Waals surface area (Å²) in [7, 11) is -3.97. The van der Waals surface area contributed by atoms with Gasteiger partial charge in [0.1, 0.15) is 5.78 Å². The van der Waals surface area contributed by atoms with Crippen molar-refractivity contribution >= 4 is 15.8 Å². The van der Waals surface area contributed by atoms with Gasteiger partial charge in [0.2, 0.25) is 10.0 Å². The third-order valence-electron chi connectivity index (χ3n) is 12.9. The van der Waals surface area contributed by atoms with Gasteiger partial charge in [0, 0.05) is 43.6 Å². The monoisotopic (exact) mass is 624 g/mol. The second-order valence-corrected chi connectivity index (χ2v) is 17.1. The number of carbonyl (C=O) groups excluding carboxylic acids is 1. The number of piperazine rings is 1. The van der Waals surface area contributed by atoms with Crippen LogP contribution in [0.2, 0.25) is 0 Å². The molecule has 0 spiro atoms. The number of nitrogens with zero attached hydrogens (tertiary/aromatic N) is 2. The summed E-state index contributed by atoms with van der Waals surface area (Å²) in [6, 6.07) is 3.17. The Bertz CT molecular complexity index is 1350. The Morgan fingerprint density at radius 1 is 0.930 bits per heavy atom. The molecule has 4 saturated carbocycles. The summed E-state index contributed by atoms with van der Waals surface area (Å²) < 4.78 is 67.3. The number of alkyl halides is 3. The van der Waals surface area contributed by atoms with Crippen LogP contribution >= 0.6 is 0 Å². The van der Waals surface area contributed by atoms with Crippen molar-refractivity contribution in [3.63, 3.8) is 0 Å². The molecule has 1 N–H and O–H groups in total. The number of halogens is 3. The number of benzene rings is 1. The van der Waals surface area contributed by atoms with Gasteiger partial charge in [-0.05, 0) is 119 Å². The molecule has 1 aromatic carbocycles. The second kappa shape index (κ2) is 10.5. The van der Waals surface area contributed by atoms with Crippen molar-refractivity contribution in [3.8, 4) is 0 Å². The first-order chi connectivity index (χ1) is 20.0. The lowest BCUT2D eigenvalue weighted by molar-refractivity contribution is -0.159. The minimum atomic E-state index is -4.53. The Morgan fingerprint density at radius 2 is 1.63 bits per heavy atom. The van der Waals surface area contributed by atoms with E-state index >= 15 is 0 Å². The molecule has 10 heteroatoms. The van der Waals surface area contributed by atoms with Crippen LogP contribution in [0, 0.1) is 34.5 Å². The molecule has 4 aliphatic carbocycles. The van der Waals surface area contributed by atoms with Gasteiger partial charge >= 0.3 is 6.18 Å². The van der Waals surface area contributed by atoms with Crippen molar-refractivity contribution in [2.75, 3.05) is 19.6 Å². The van der Waals surface area contributed by atoms with Crippen molar-refractivity contribution in [3.05, 3.63) is 29.8 Å². The Labute approximate surface area is 254 Å². The van der Waals surface area contributed by atoms with Gasteiger partial charge in [-0.1, -0.05) is 13.8 Å². The van der Waals surface area contributed by atoms with Gasteiger partial charge in [-0.2, -0.15) is 17.5 Å². The topological polar surface area (TPSA) is 77.9 Å². The van der Waals surface area contributed by atoms with Crippen LogP contribution in [0.1, 0.15) is 91.0 Å². The second-order valence-electron chi connectivity index (χ2n) is 15.2. The normalized spacial score (nSPS) is 42.7. The van der Waals surface area contributed by atoms with E-state index in [2.05, 4.69) is 18.7 Å². The first-order valence-corrected chi connectivity index (χ1v) is 17.6. The number of fused-ring (bicyclic) bond motifs is 5. The highest BCUT2D eigenvalue weighted by Crippen LogP contribution is 2.66. The number of hydrogen-bond donors (Lipinski definition) is 1. The van der Waals surface area contributed by atoms with E-state index in [0.717, 1.165) is 82.1 Å². The van der Waals surface area contributed by atoms with E-state index in [1.807, 2.05) is 13.8 Å². The van der Waals surface area contributed by atoms with E-state index in [-0.39, 0.29) is 34.4 Å². The molecule has 0 bridgehead atoms. The number of β-amino-alcohol motifs (C(OH)–C–C–N with tert-alkyl or cyclic N) is 1. The van der Waals surface area contributed by atoms with Gasteiger partial charge in [-0.15, -0.1) is 0 Å². The van der Waals surface area contributed by atoms with E-state index in [9.17, 15) is 31.5 Å². The number of Topliss-reactive ketones (excluding diaryl/α,β-unsaturated/α-hetero) is 1. The van der Waals surface area contributed by atoms with E-state index in [1.165, 1.54) is 4.31 Å². The van der Waals surface area contributed by atoms with Crippen molar-refractivity contribution < 1.29 is 31.5 Å². The lowest BCUT2D eigenvalue weighted by atomic mass is 9.44. The average Bonchev–Trinajstić information content (AvgIpc) is 3.24. The SMILES string of the molecule is C[C@@H]1CN(S(=O)(=O)c2ccc(C(F)(F)F)cc2)[C@@H](C)CN1C[C@@]1(O)CC[C@@]2(C)[C@@H](CC[C@@H]3[C@@H]2CC[C@]2(C)C(=O)CC[C@@H]32)C1. The summed E-state index contributed by atoms with van der Waals surface area (Å²) in [4.78, 5) is 14.8. The number of hydrogen-bond acceptors (Lipinski definition) is 5. The maximum absolute atomic E-state index is 13.4. The molecule has 9 atom stereocenters. The molecule has 1 aromatic rings. The van der Waals surface area contributed by atoms with Crippen LogP contribution < -0.4 is 0 Å². The highest BCUT2D eigenvalue weighted by molar-refractivity contribution is 7.89. The molecule has 1 heterocycles. The summed E-state index contributed by atoms with van der Waals surface area (Å²) in [5.74, 6) is 2.63. The number of rotatable bonds is 4. The zero-order valence-corrected chi connectivity index (χ0v) is 26.7. The molecule has 5 fully saturated rings. The standard InChI is InChI=1S/C33H47F3N2O4S/c1-21-19-38(43(41,42)25-8-5-23(6-9-25)33(34,35)36)22(2)18-37(21)20-32(40)16-15-30(3)24(17-32)7-10-26-27-11-12-29(39)31(27,4)14-13-28(26)30/h5-6,8-9,21-22,24,26-28,40H,7,10-20H2,1-4H3/t21-,22+,24+,26+,27+,28+,30+,31+,32-/m1/s1. The quantitative estimate of drug-likeness (QED) is 0.436. The maximum Gasteiger partial charge on any atom is 0.416 e. The molecule has 1 saturated heterocycles. The van der Waals surface area contributed by atoms with Gasteiger partial charge in [0.25, 0.3) is 0 Å². The first kappa shape index (κ1) is 31.5. The molecule has 240 valence electrons. The minimum Gasteiger partial charge on any atom is -0.389 e. The van der Waals surface area contributed by atoms with Gasteiger partial charge < -0.3 is 5.11 Å². The van der Waals surface area contributed by atoms with Crippen molar-refractivity contribution in [1.82, 2.24) is 9.21 Å². The van der Waals surface area contributed by atoms with E-state index in [4.69, 9.17) is 0 Å². The fourth-order valence-electron chi connectivity index (χ4n) is 10.3. The molecule has 6 nitrogen and oxygen atoms in total. The zero-order valence-electron chi connectivity index (χ0n) is 25.9. The summed E-state index contributed by atoms with van der Waals surface area (Å²) in [5.41, 5.74) is -1.67. The molecule has 5 aliphatic rings. The molecule has 43 heavy (non-hydrogen) atoms. The van der Waals surface area contributed by atoms with Crippen LogP contribution in [0.25, 0.3) is 0 Å². The minimum absolute atomic E-state index is 0.130. The molecule has 0 amide bonds. The van der Waals surface area contributed by atoms with Crippen LogP contribution in [-0.4, -0.2) is 65.8 Å². The molecule has 1 aliphatic heterocycles. The van der Waals surface area contributed by atoms with Gasteiger partial charge in [-0.25, -0.2) is 8.42 Å². The number of ketones is 1.